The van der Waals surface area contributed by atoms with Crippen molar-refractivity contribution in [1.82, 2.24) is 0 Å². The number of aldehydes is 1. The van der Waals surface area contributed by atoms with E-state index < -0.39 is 0 Å². The summed E-state index contributed by atoms with van der Waals surface area (Å²) in [6.07, 6.45) is 5.37. The molecular formula is C8H12O3. The van der Waals surface area contributed by atoms with Crippen LogP contribution in [0.4, 0.5) is 0 Å². The maximum absolute atomic E-state index is 9.90. The van der Waals surface area contributed by atoms with Crippen molar-refractivity contribution in [2.75, 3.05) is 20.8 Å². The molecule has 0 atom stereocenters. The Labute approximate surface area is 66.3 Å². The average Bonchev–Trinajstić information content (AvgIpc) is 2.05. The highest BCUT2D eigenvalue weighted by atomic mass is 16.5. The molecule has 0 aliphatic heterocycles. The van der Waals surface area contributed by atoms with Gasteiger partial charge in [0.2, 0.25) is 0 Å². The van der Waals surface area contributed by atoms with E-state index in [1.807, 2.05) is 0 Å². The molecule has 11 heavy (non-hydrogen) atoms. The second-order valence-corrected chi connectivity index (χ2v) is 1.76. The third-order valence-corrected chi connectivity index (χ3v) is 1.03. The Balaban J connectivity index is 3.92. The molecule has 62 valence electrons. The summed E-state index contributed by atoms with van der Waals surface area (Å²) in [6, 6.07) is 0. The van der Waals surface area contributed by atoms with Gasteiger partial charge >= 0.3 is 0 Å². The molecule has 0 aliphatic carbocycles. The van der Waals surface area contributed by atoms with E-state index in [4.69, 9.17) is 9.47 Å². The fourth-order valence-corrected chi connectivity index (χ4v) is 0.519. The zero-order valence-corrected chi connectivity index (χ0v) is 6.74. The fourth-order valence-electron chi connectivity index (χ4n) is 0.519. The van der Waals surface area contributed by atoms with Crippen molar-refractivity contribution in [3.63, 3.8) is 0 Å². The number of rotatable bonds is 5. The summed E-state index contributed by atoms with van der Waals surface area (Å²) in [5.74, 6) is 0.624. The van der Waals surface area contributed by atoms with Crippen LogP contribution in [-0.2, 0) is 14.3 Å². The number of carbonyl (C=O) groups is 1. The minimum Gasteiger partial charge on any atom is -0.497 e. The van der Waals surface area contributed by atoms with Crippen LogP contribution in [0.15, 0.2) is 24.0 Å². The lowest BCUT2D eigenvalue weighted by Crippen LogP contribution is -1.87. The van der Waals surface area contributed by atoms with Crippen molar-refractivity contribution >= 4 is 6.29 Å². The lowest BCUT2D eigenvalue weighted by atomic mass is 10.4. The Morgan fingerprint density at radius 2 is 2.18 bits per heavy atom. The topological polar surface area (TPSA) is 35.5 Å². The molecular weight excluding hydrogens is 144 g/mol. The lowest BCUT2D eigenvalue weighted by Gasteiger charge is -1.98. The minimum absolute atomic E-state index is 0.479. The molecule has 0 amide bonds. The van der Waals surface area contributed by atoms with Crippen molar-refractivity contribution in [1.29, 1.82) is 0 Å². The van der Waals surface area contributed by atoms with Crippen LogP contribution in [0.2, 0.25) is 0 Å². The molecule has 0 aromatic rings. The van der Waals surface area contributed by atoms with Gasteiger partial charge in [-0.3, -0.25) is 4.79 Å². The first-order valence-corrected chi connectivity index (χ1v) is 3.20. The summed E-state index contributed by atoms with van der Waals surface area (Å²) in [6.45, 7) is 0.479. The van der Waals surface area contributed by atoms with E-state index >= 15 is 0 Å². The highest BCUT2D eigenvalue weighted by Gasteiger charge is 1.86. The van der Waals surface area contributed by atoms with Crippen molar-refractivity contribution in [2.24, 2.45) is 0 Å². The van der Waals surface area contributed by atoms with E-state index in [0.29, 0.717) is 18.7 Å². The quantitative estimate of drug-likeness (QED) is 0.257. The highest BCUT2D eigenvalue weighted by molar-refractivity contribution is 5.65. The number of hydrogen-bond acceptors (Lipinski definition) is 3. The minimum atomic E-state index is 0.479. The lowest BCUT2D eigenvalue weighted by molar-refractivity contribution is -0.104. The summed E-state index contributed by atoms with van der Waals surface area (Å²) in [5.41, 5.74) is 0. The summed E-state index contributed by atoms with van der Waals surface area (Å²) in [5, 5.41) is 0. The number of ether oxygens (including phenoxy) is 2. The van der Waals surface area contributed by atoms with Crippen LogP contribution >= 0.6 is 0 Å². The number of methoxy groups -OCH3 is 2. The molecule has 0 radical (unpaired) electrons. The van der Waals surface area contributed by atoms with Crippen molar-refractivity contribution in [3.05, 3.63) is 24.0 Å². The molecule has 0 bridgehead atoms. The first-order valence-electron chi connectivity index (χ1n) is 3.20. The van der Waals surface area contributed by atoms with Gasteiger partial charge in [-0.2, -0.15) is 0 Å². The van der Waals surface area contributed by atoms with Gasteiger partial charge in [0.05, 0.1) is 13.7 Å². The Morgan fingerprint density at radius 3 is 2.64 bits per heavy atom. The maximum atomic E-state index is 9.90. The second kappa shape index (κ2) is 7.02. The van der Waals surface area contributed by atoms with Crippen LogP contribution in [0.1, 0.15) is 0 Å². The zero-order chi connectivity index (χ0) is 8.53. The molecule has 0 unspecified atom stereocenters. The molecule has 0 aromatic heterocycles. The Bertz CT molecular complexity index is 159. The van der Waals surface area contributed by atoms with Gasteiger partial charge in [-0.15, -0.1) is 0 Å². The van der Waals surface area contributed by atoms with E-state index in [9.17, 15) is 4.79 Å². The molecule has 0 fully saturated rings. The van der Waals surface area contributed by atoms with E-state index in [2.05, 4.69) is 0 Å². The van der Waals surface area contributed by atoms with Gasteiger partial charge in [0.1, 0.15) is 12.0 Å². The molecule has 0 N–H and O–H groups in total. The fraction of sp³-hybridized carbons (Fsp3) is 0.375. The SMILES string of the molecule is COC/C=C(/C=C/C=O)OC. The summed E-state index contributed by atoms with van der Waals surface area (Å²) < 4.78 is 9.67. The monoisotopic (exact) mass is 156 g/mol. The predicted molar refractivity (Wildman–Crippen MR) is 42.2 cm³/mol. The van der Waals surface area contributed by atoms with Crippen LogP contribution in [0.3, 0.4) is 0 Å². The summed E-state index contributed by atoms with van der Waals surface area (Å²) in [4.78, 5) is 9.90. The normalized spacial score (nSPS) is 12.0. The molecule has 0 spiro atoms. The van der Waals surface area contributed by atoms with Crippen LogP contribution in [0.5, 0.6) is 0 Å². The Kier molecular flexibility index (Phi) is 6.33. The Hall–Kier alpha value is -1.09. The first-order chi connectivity index (χ1) is 5.35. The van der Waals surface area contributed by atoms with Gasteiger partial charge in [-0.05, 0) is 18.2 Å². The standard InChI is InChI=1S/C8H12O3/c1-10-7-5-8(11-2)4-3-6-9/h3-6H,7H2,1-2H3/b4-3+,8-5-. The van der Waals surface area contributed by atoms with Gasteiger partial charge in [0.25, 0.3) is 0 Å². The van der Waals surface area contributed by atoms with E-state index in [1.165, 1.54) is 13.2 Å². The summed E-state index contributed by atoms with van der Waals surface area (Å²) in [7, 11) is 3.13. The van der Waals surface area contributed by atoms with Crippen LogP contribution in [0.25, 0.3) is 0 Å². The Morgan fingerprint density at radius 1 is 1.45 bits per heavy atom. The van der Waals surface area contributed by atoms with Gasteiger partial charge in [-0.25, -0.2) is 0 Å². The predicted octanol–water partition coefficient (Wildman–Crippen LogP) is 0.918. The van der Waals surface area contributed by atoms with Gasteiger partial charge in [0.15, 0.2) is 0 Å². The molecule has 0 aliphatic rings. The van der Waals surface area contributed by atoms with E-state index in [0.717, 1.165) is 0 Å². The van der Waals surface area contributed by atoms with Crippen molar-refractivity contribution in [2.45, 2.75) is 0 Å². The van der Waals surface area contributed by atoms with E-state index in [1.54, 1.807) is 19.3 Å². The third kappa shape index (κ3) is 5.36. The van der Waals surface area contributed by atoms with Gasteiger partial charge in [0, 0.05) is 7.11 Å². The highest BCUT2D eigenvalue weighted by Crippen LogP contribution is 1.95. The number of hydrogen-bond donors (Lipinski definition) is 0. The van der Waals surface area contributed by atoms with Gasteiger partial charge in [-0.1, -0.05) is 0 Å². The smallest absolute Gasteiger partial charge is 0.142 e. The largest absolute Gasteiger partial charge is 0.497 e. The summed E-state index contributed by atoms with van der Waals surface area (Å²) >= 11 is 0. The number of carbonyl (C=O) groups excluding carboxylic acids is 1. The average molecular weight is 156 g/mol. The van der Waals surface area contributed by atoms with Crippen molar-refractivity contribution in [3.8, 4) is 0 Å². The molecule has 0 saturated carbocycles. The van der Waals surface area contributed by atoms with Crippen LogP contribution in [-0.4, -0.2) is 27.1 Å². The maximum Gasteiger partial charge on any atom is 0.142 e. The second-order valence-electron chi connectivity index (χ2n) is 1.76. The number of allylic oxidation sites excluding steroid dienone is 2. The third-order valence-electron chi connectivity index (χ3n) is 1.03. The molecule has 3 nitrogen and oxygen atoms in total. The van der Waals surface area contributed by atoms with Crippen molar-refractivity contribution < 1.29 is 14.3 Å². The first kappa shape index (κ1) is 9.91. The van der Waals surface area contributed by atoms with Gasteiger partial charge < -0.3 is 9.47 Å². The zero-order valence-electron chi connectivity index (χ0n) is 6.74. The molecule has 0 rings (SSSR count). The molecule has 0 aromatic carbocycles. The molecule has 0 saturated heterocycles. The van der Waals surface area contributed by atoms with E-state index in [-0.39, 0.29) is 0 Å². The van der Waals surface area contributed by atoms with Crippen LogP contribution in [0, 0.1) is 0 Å². The molecule has 3 heteroatoms. The van der Waals surface area contributed by atoms with Crippen LogP contribution < -0.4 is 0 Å². The molecule has 0 heterocycles.